The zero-order valence-electron chi connectivity index (χ0n) is 30.9. The van der Waals surface area contributed by atoms with E-state index in [1.807, 2.05) is 18.2 Å². The molecule has 3 aromatic carbocycles. The van der Waals surface area contributed by atoms with Gasteiger partial charge in [0, 0.05) is 55.1 Å². The van der Waals surface area contributed by atoms with E-state index in [-0.39, 0.29) is 82.7 Å². The lowest BCUT2D eigenvalue weighted by atomic mass is 10.0. The maximum atomic E-state index is 13.5. The fourth-order valence-corrected chi connectivity index (χ4v) is 7.47. The van der Waals surface area contributed by atoms with Gasteiger partial charge in [-0.15, -0.1) is 0 Å². The molecule has 5 rings (SSSR count). The second kappa shape index (κ2) is 19.9. The fraction of sp³-hybridized carbons (Fsp3) is 0.447. The molecule has 0 atom stereocenters. The molecule has 0 N–H and O–H groups in total. The van der Waals surface area contributed by atoms with Crippen molar-refractivity contribution >= 4 is 29.1 Å². The monoisotopic (exact) mass is 873 g/mol. The number of carbonyl (C=O) groups excluding carboxylic acids is 3. The molecule has 0 radical (unpaired) electrons. The summed E-state index contributed by atoms with van der Waals surface area (Å²) >= 11 is 0. The Bertz CT molecular complexity index is 1730. The van der Waals surface area contributed by atoms with Gasteiger partial charge >= 0.3 is 0 Å². The predicted molar refractivity (Wildman–Crippen MR) is 194 cm³/mol. The number of nitro groups is 2. The predicted octanol–water partition coefficient (Wildman–Crippen LogP) is -2.01. The number of hydrogen-bond donors (Lipinski definition) is 0. The normalized spacial score (nSPS) is 15.9. The number of piperazine rings is 1. The molecular weight excluding hydrogens is 826 g/mol. The second-order valence-corrected chi connectivity index (χ2v) is 14.5. The van der Waals surface area contributed by atoms with E-state index in [1.54, 1.807) is 43.3 Å². The molecule has 2 heterocycles. The van der Waals surface area contributed by atoms with Crippen LogP contribution in [-0.4, -0.2) is 124 Å². The summed E-state index contributed by atoms with van der Waals surface area (Å²) in [5, 5.41) is 22.3. The van der Waals surface area contributed by atoms with Crippen molar-refractivity contribution in [1.29, 1.82) is 0 Å². The lowest BCUT2D eigenvalue weighted by Gasteiger charge is -2.45. The van der Waals surface area contributed by atoms with Crippen LogP contribution in [-0.2, 0) is 34.0 Å². The minimum Gasteiger partial charge on any atom is -1.00 e. The van der Waals surface area contributed by atoms with Crippen LogP contribution in [0.3, 0.4) is 0 Å². The maximum Gasteiger partial charge on any atom is 0.278 e. The number of hydrogen-bond acceptors (Lipinski definition) is 7. The first-order valence-corrected chi connectivity index (χ1v) is 17.8. The molecule has 2 fully saturated rings. The van der Waals surface area contributed by atoms with Gasteiger partial charge in [-0.1, -0.05) is 30.3 Å². The van der Waals surface area contributed by atoms with Crippen molar-refractivity contribution in [3.05, 3.63) is 116 Å². The number of likely N-dealkylation sites (tertiary alicyclic amines) is 1. The van der Waals surface area contributed by atoms with E-state index in [4.69, 9.17) is 0 Å². The highest BCUT2D eigenvalue weighted by atomic mass is 79.9. The number of nitrogens with zero attached hydrogens (tertiary/aromatic N) is 7. The summed E-state index contributed by atoms with van der Waals surface area (Å²) in [7, 11) is 3.20. The molecule has 3 aromatic rings. The highest BCUT2D eigenvalue weighted by molar-refractivity contribution is 5.88. The molecule has 2 saturated heterocycles. The fourth-order valence-electron chi connectivity index (χ4n) is 7.47. The third kappa shape index (κ3) is 11.9. The van der Waals surface area contributed by atoms with Crippen molar-refractivity contribution < 1.29 is 67.2 Å². The SMILES string of the molecule is CN(CC(=O)N(C)CC(=O)N1CC[N+](Cc2ccccc2)(Cc2ccc([N+](=O)[O-])cc2)CC1)C(=O)C[N+]1(Cc2ccc([N+](=O)[O-])cc2)CCCCC1.[Br-].[Br-]. The molecule has 0 saturated carbocycles. The molecule has 0 aromatic heterocycles. The first-order chi connectivity index (χ1) is 24.9. The molecular formula is C38H49Br2N7O7. The molecule has 0 spiro atoms. The topological polar surface area (TPSA) is 147 Å². The number of benzene rings is 3. The molecule has 0 aliphatic carbocycles. The number of halogens is 2. The Hall–Kier alpha value is -4.25. The zero-order valence-corrected chi connectivity index (χ0v) is 34.0. The number of non-ortho nitro benzene ring substituents is 2. The molecule has 3 amide bonds. The van der Waals surface area contributed by atoms with E-state index in [1.165, 1.54) is 39.6 Å². The molecule has 0 unspecified atom stereocenters. The largest absolute Gasteiger partial charge is 1.00 e. The van der Waals surface area contributed by atoms with Gasteiger partial charge in [-0.3, -0.25) is 34.6 Å². The van der Waals surface area contributed by atoms with Gasteiger partial charge in [0.15, 0.2) is 6.54 Å². The average Bonchev–Trinajstić information content (AvgIpc) is 3.13. The smallest absolute Gasteiger partial charge is 0.278 e. The van der Waals surface area contributed by atoms with Crippen LogP contribution in [0.25, 0.3) is 0 Å². The van der Waals surface area contributed by atoms with Crippen molar-refractivity contribution in [3.8, 4) is 0 Å². The van der Waals surface area contributed by atoms with Crippen molar-refractivity contribution in [2.75, 3.05) is 73.0 Å². The summed E-state index contributed by atoms with van der Waals surface area (Å²) in [5.41, 5.74) is 3.17. The molecule has 2 aliphatic rings. The summed E-state index contributed by atoms with van der Waals surface area (Å²) in [4.78, 5) is 66.2. The molecule has 2 aliphatic heterocycles. The minimum absolute atomic E-state index is 0. The molecule has 292 valence electrons. The molecule has 54 heavy (non-hydrogen) atoms. The van der Waals surface area contributed by atoms with Crippen molar-refractivity contribution in [2.45, 2.75) is 38.9 Å². The Morgan fingerprint density at radius 2 is 1.06 bits per heavy atom. The molecule has 0 bridgehead atoms. The van der Waals surface area contributed by atoms with Gasteiger partial charge in [-0.25, -0.2) is 0 Å². The number of rotatable bonds is 14. The lowest BCUT2D eigenvalue weighted by molar-refractivity contribution is -0.956. The van der Waals surface area contributed by atoms with E-state index >= 15 is 0 Å². The van der Waals surface area contributed by atoms with Crippen LogP contribution >= 0.6 is 0 Å². The van der Waals surface area contributed by atoms with E-state index in [2.05, 4.69) is 12.1 Å². The van der Waals surface area contributed by atoms with Crippen molar-refractivity contribution in [1.82, 2.24) is 14.7 Å². The molecule has 16 heteroatoms. The van der Waals surface area contributed by atoms with Crippen LogP contribution in [0.4, 0.5) is 11.4 Å². The Labute approximate surface area is 337 Å². The lowest BCUT2D eigenvalue weighted by Crippen LogP contribution is -3.00. The van der Waals surface area contributed by atoms with Gasteiger partial charge in [0.25, 0.3) is 17.3 Å². The van der Waals surface area contributed by atoms with E-state index in [0.717, 1.165) is 50.0 Å². The summed E-state index contributed by atoms with van der Waals surface area (Å²) < 4.78 is 1.23. The third-order valence-corrected chi connectivity index (χ3v) is 10.6. The van der Waals surface area contributed by atoms with Gasteiger partial charge in [0.05, 0.1) is 62.2 Å². The number of quaternary nitrogens is 2. The first kappa shape index (κ1) is 44.1. The maximum absolute atomic E-state index is 13.5. The number of likely N-dealkylation sites (N-methyl/N-ethyl adjacent to an activating group) is 2. The summed E-state index contributed by atoms with van der Waals surface area (Å²) in [6.45, 7) is 6.00. The van der Waals surface area contributed by atoms with Crippen molar-refractivity contribution in [3.63, 3.8) is 0 Å². The number of carbonyl (C=O) groups is 3. The van der Waals surface area contributed by atoms with Crippen LogP contribution in [0.15, 0.2) is 78.9 Å². The summed E-state index contributed by atoms with van der Waals surface area (Å²) in [6.07, 6.45) is 3.05. The van der Waals surface area contributed by atoms with Gasteiger partial charge in [0.1, 0.15) is 19.6 Å². The van der Waals surface area contributed by atoms with E-state index in [0.29, 0.717) is 48.2 Å². The Morgan fingerprint density at radius 1 is 0.611 bits per heavy atom. The Kier molecular flexibility index (Phi) is 16.3. The van der Waals surface area contributed by atoms with Crippen LogP contribution in [0, 0.1) is 20.2 Å². The highest BCUT2D eigenvalue weighted by Gasteiger charge is 2.37. The Balaban J connectivity index is 0.00000392. The second-order valence-electron chi connectivity index (χ2n) is 14.5. The van der Waals surface area contributed by atoms with Crippen LogP contribution in [0.5, 0.6) is 0 Å². The van der Waals surface area contributed by atoms with E-state index in [9.17, 15) is 34.6 Å². The van der Waals surface area contributed by atoms with Crippen LogP contribution < -0.4 is 34.0 Å². The first-order valence-electron chi connectivity index (χ1n) is 17.8. The van der Waals surface area contributed by atoms with Crippen LogP contribution in [0.1, 0.15) is 36.0 Å². The zero-order chi connectivity index (χ0) is 37.3. The van der Waals surface area contributed by atoms with Gasteiger partial charge in [0.2, 0.25) is 11.8 Å². The quantitative estimate of drug-likeness (QED) is 0.103. The van der Waals surface area contributed by atoms with E-state index < -0.39 is 9.85 Å². The van der Waals surface area contributed by atoms with Gasteiger partial charge in [-0.05, 0) is 43.5 Å². The third-order valence-electron chi connectivity index (χ3n) is 10.6. The average molecular weight is 876 g/mol. The standard InChI is InChI=1S/C38H49N7O7.2BrH/c1-39(36(46)25-40(2)38(48)30-44(21-7-4-8-22-44)28-32-11-15-34(16-12-32)42(49)50)26-37(47)41-19-23-45(24-20-41,27-31-9-5-3-6-10-31)29-33-13-17-35(18-14-33)43(51)52;;/h3,5-6,9-18H,4,7-8,19-30H2,1-2H3;2*1H/q+2;;/p-2. The summed E-state index contributed by atoms with van der Waals surface area (Å²) in [6, 6.07) is 23.3. The number of nitro benzene ring substituents is 2. The number of amides is 3. The number of piperidine rings is 1. The minimum atomic E-state index is -0.425. The van der Waals surface area contributed by atoms with Gasteiger partial charge < -0.3 is 57.6 Å². The Morgan fingerprint density at radius 3 is 1.54 bits per heavy atom. The van der Waals surface area contributed by atoms with Gasteiger partial charge in [-0.2, -0.15) is 0 Å². The molecule has 14 nitrogen and oxygen atoms in total. The van der Waals surface area contributed by atoms with Crippen LogP contribution in [0.2, 0.25) is 0 Å². The summed E-state index contributed by atoms with van der Waals surface area (Å²) in [5.74, 6) is -0.638. The van der Waals surface area contributed by atoms with Crippen molar-refractivity contribution in [2.24, 2.45) is 0 Å². The highest BCUT2D eigenvalue weighted by Crippen LogP contribution is 2.26.